The van der Waals surface area contributed by atoms with E-state index in [1.165, 1.54) is 0 Å². The zero-order valence-electron chi connectivity index (χ0n) is 4.14. The van der Waals surface area contributed by atoms with Gasteiger partial charge in [0.1, 0.15) is 0 Å². The normalized spacial score (nSPS) is 12.5. The van der Waals surface area contributed by atoms with E-state index in [1.807, 2.05) is 6.92 Å². The van der Waals surface area contributed by atoms with Crippen LogP contribution in [0.1, 0.15) is 20.3 Å². The van der Waals surface area contributed by atoms with Crippen molar-refractivity contribution >= 4 is 17.0 Å². The molecule has 0 aliphatic heterocycles. The van der Waals surface area contributed by atoms with Gasteiger partial charge in [-0.3, -0.25) is 0 Å². The maximum atomic E-state index is 8.36. The fraction of sp³-hybridized carbons (Fsp3) is 1.00. The molecule has 1 atom stereocenters. The molecule has 1 unspecified atom stereocenters. The molecule has 0 heterocycles. The lowest BCUT2D eigenvalue weighted by molar-refractivity contribution is 0.191. The van der Waals surface area contributed by atoms with Crippen LogP contribution in [0.3, 0.4) is 0 Å². The zero-order chi connectivity index (χ0) is 4.28. The lowest BCUT2D eigenvalue weighted by Gasteiger charge is -1.90. The van der Waals surface area contributed by atoms with Crippen molar-refractivity contribution in [1.82, 2.24) is 0 Å². The lowest BCUT2D eigenvalue weighted by atomic mass is 10.3. The highest BCUT2D eigenvalue weighted by molar-refractivity contribution is 8.93. The largest absolute Gasteiger partial charge is 0.393 e. The summed E-state index contributed by atoms with van der Waals surface area (Å²) in [6.45, 7) is 3.73. The first-order chi connectivity index (χ1) is 2.27. The summed E-state index contributed by atoms with van der Waals surface area (Å²) in [4.78, 5) is 0. The van der Waals surface area contributed by atoms with E-state index in [0.29, 0.717) is 0 Å². The van der Waals surface area contributed by atoms with Crippen LogP contribution in [0.4, 0.5) is 0 Å². The summed E-state index contributed by atoms with van der Waals surface area (Å²) in [7, 11) is 0. The highest BCUT2D eigenvalue weighted by Gasteiger charge is 1.81. The molecule has 1 N–H and O–H groups in total. The molecule has 0 aliphatic carbocycles. The van der Waals surface area contributed by atoms with Crippen LogP contribution < -0.4 is 0 Å². The first kappa shape index (κ1) is 9.67. The number of aliphatic hydroxyl groups excluding tert-OH is 1. The molecular formula is C4H11BrO. The monoisotopic (exact) mass is 154 g/mol. The zero-order valence-corrected chi connectivity index (χ0v) is 5.85. The Labute approximate surface area is 49.1 Å². The number of halogens is 1. The van der Waals surface area contributed by atoms with E-state index >= 15 is 0 Å². The topological polar surface area (TPSA) is 20.2 Å². The quantitative estimate of drug-likeness (QED) is 0.606. The molecule has 0 aromatic heterocycles. The second-order valence-corrected chi connectivity index (χ2v) is 1.26. The Hall–Kier alpha value is 0.440. The third kappa shape index (κ3) is 8.83. The van der Waals surface area contributed by atoms with Crippen molar-refractivity contribution in [2.45, 2.75) is 26.4 Å². The summed E-state index contributed by atoms with van der Waals surface area (Å²) in [6, 6.07) is 0. The molecule has 0 amide bonds. The Morgan fingerprint density at radius 3 is 1.83 bits per heavy atom. The first-order valence-electron chi connectivity index (χ1n) is 1.95. The minimum atomic E-state index is -0.116. The van der Waals surface area contributed by atoms with Crippen LogP contribution in [0.2, 0.25) is 0 Å². The van der Waals surface area contributed by atoms with Crippen molar-refractivity contribution in [3.05, 3.63) is 0 Å². The van der Waals surface area contributed by atoms with Gasteiger partial charge in [0.15, 0.2) is 0 Å². The van der Waals surface area contributed by atoms with Gasteiger partial charge in [-0.05, 0) is 13.3 Å². The second kappa shape index (κ2) is 5.44. The SMILES string of the molecule is Br.CCC(C)O. The summed E-state index contributed by atoms with van der Waals surface area (Å²) in [5.41, 5.74) is 0. The van der Waals surface area contributed by atoms with Crippen LogP contribution in [-0.2, 0) is 0 Å². The van der Waals surface area contributed by atoms with Gasteiger partial charge < -0.3 is 5.11 Å². The van der Waals surface area contributed by atoms with E-state index < -0.39 is 0 Å². The molecule has 0 aromatic rings. The molecule has 0 aliphatic rings. The Bertz CT molecular complexity index is 21.5. The van der Waals surface area contributed by atoms with Crippen molar-refractivity contribution in [3.8, 4) is 0 Å². The smallest absolute Gasteiger partial charge is 0.0509 e. The summed E-state index contributed by atoms with van der Waals surface area (Å²) in [5.74, 6) is 0. The van der Waals surface area contributed by atoms with Gasteiger partial charge in [-0.1, -0.05) is 6.92 Å². The van der Waals surface area contributed by atoms with Crippen LogP contribution in [0, 0.1) is 0 Å². The predicted octanol–water partition coefficient (Wildman–Crippen LogP) is 1.36. The number of rotatable bonds is 1. The Kier molecular flexibility index (Phi) is 8.77. The Morgan fingerprint density at radius 2 is 1.83 bits per heavy atom. The molecule has 0 saturated heterocycles. The Balaban J connectivity index is 0. The average molecular weight is 155 g/mol. The Morgan fingerprint density at radius 1 is 1.67 bits per heavy atom. The first-order valence-corrected chi connectivity index (χ1v) is 1.95. The van der Waals surface area contributed by atoms with Gasteiger partial charge in [-0.25, -0.2) is 0 Å². The number of hydrogen-bond acceptors (Lipinski definition) is 1. The fourth-order valence-corrected chi connectivity index (χ4v) is 0. The fourth-order valence-electron chi connectivity index (χ4n) is 0. The van der Waals surface area contributed by atoms with Gasteiger partial charge in [0.05, 0.1) is 6.10 Å². The van der Waals surface area contributed by atoms with Gasteiger partial charge in [0, 0.05) is 0 Å². The van der Waals surface area contributed by atoms with Crippen LogP contribution >= 0.6 is 17.0 Å². The number of aliphatic hydroxyl groups is 1. The third-order valence-electron chi connectivity index (χ3n) is 0.591. The van der Waals surface area contributed by atoms with E-state index in [9.17, 15) is 0 Å². The van der Waals surface area contributed by atoms with E-state index in [-0.39, 0.29) is 23.1 Å². The van der Waals surface area contributed by atoms with Gasteiger partial charge in [0.2, 0.25) is 0 Å². The van der Waals surface area contributed by atoms with Crippen LogP contribution in [-0.4, -0.2) is 11.2 Å². The minimum absolute atomic E-state index is 0. The van der Waals surface area contributed by atoms with Crippen molar-refractivity contribution in [3.63, 3.8) is 0 Å². The molecule has 0 saturated carbocycles. The van der Waals surface area contributed by atoms with E-state index in [1.54, 1.807) is 6.92 Å². The van der Waals surface area contributed by atoms with E-state index in [0.717, 1.165) is 6.42 Å². The highest BCUT2D eigenvalue weighted by atomic mass is 79.9. The lowest BCUT2D eigenvalue weighted by Crippen LogP contribution is -1.93. The summed E-state index contributed by atoms with van der Waals surface area (Å²) < 4.78 is 0. The van der Waals surface area contributed by atoms with Gasteiger partial charge >= 0.3 is 0 Å². The molecule has 0 rings (SSSR count). The molecule has 2 heteroatoms. The van der Waals surface area contributed by atoms with E-state index in [4.69, 9.17) is 5.11 Å². The summed E-state index contributed by atoms with van der Waals surface area (Å²) in [6.07, 6.45) is 0.745. The molecule has 0 aromatic carbocycles. The van der Waals surface area contributed by atoms with Gasteiger partial charge in [0.25, 0.3) is 0 Å². The van der Waals surface area contributed by atoms with Crippen LogP contribution in [0.15, 0.2) is 0 Å². The standard InChI is InChI=1S/C4H10O.BrH/c1-3-4(2)5;/h4-5H,3H2,1-2H3;1H. The van der Waals surface area contributed by atoms with Gasteiger partial charge in [-0.2, -0.15) is 0 Å². The summed E-state index contributed by atoms with van der Waals surface area (Å²) in [5, 5.41) is 8.36. The second-order valence-electron chi connectivity index (χ2n) is 1.26. The molecule has 0 radical (unpaired) electrons. The molecule has 1 nitrogen and oxygen atoms in total. The molecule has 0 bridgehead atoms. The molecule has 6 heavy (non-hydrogen) atoms. The predicted molar refractivity (Wildman–Crippen MR) is 32.3 cm³/mol. The maximum Gasteiger partial charge on any atom is 0.0509 e. The third-order valence-corrected chi connectivity index (χ3v) is 0.591. The van der Waals surface area contributed by atoms with Crippen molar-refractivity contribution < 1.29 is 5.11 Å². The van der Waals surface area contributed by atoms with Crippen LogP contribution in [0.5, 0.6) is 0 Å². The maximum absolute atomic E-state index is 8.36. The number of hydrogen-bond donors (Lipinski definition) is 1. The molecule has 0 fully saturated rings. The highest BCUT2D eigenvalue weighted by Crippen LogP contribution is 1.81. The van der Waals surface area contributed by atoms with Gasteiger partial charge in [-0.15, -0.1) is 17.0 Å². The molecule has 40 valence electrons. The van der Waals surface area contributed by atoms with Crippen LogP contribution in [0.25, 0.3) is 0 Å². The molecular weight excluding hydrogens is 144 g/mol. The summed E-state index contributed by atoms with van der Waals surface area (Å²) >= 11 is 0. The van der Waals surface area contributed by atoms with Crippen molar-refractivity contribution in [2.24, 2.45) is 0 Å². The van der Waals surface area contributed by atoms with Crippen molar-refractivity contribution in [1.29, 1.82) is 0 Å². The molecule has 0 spiro atoms. The van der Waals surface area contributed by atoms with E-state index in [2.05, 4.69) is 0 Å². The van der Waals surface area contributed by atoms with Crippen molar-refractivity contribution in [2.75, 3.05) is 0 Å². The average Bonchev–Trinajstić information content (AvgIpc) is 1.38. The minimum Gasteiger partial charge on any atom is -0.393 e.